The topological polar surface area (TPSA) is 40.5 Å². The van der Waals surface area contributed by atoms with E-state index >= 15 is 0 Å². The highest BCUT2D eigenvalue weighted by Gasteiger charge is 2.18. The highest BCUT2D eigenvalue weighted by Crippen LogP contribution is 2.26. The Morgan fingerprint density at radius 2 is 2.06 bits per heavy atom. The summed E-state index contributed by atoms with van der Waals surface area (Å²) in [5.74, 6) is 0. The van der Waals surface area contributed by atoms with E-state index in [4.69, 9.17) is 0 Å². The lowest BCUT2D eigenvalue weighted by atomic mass is 10.0. The lowest BCUT2D eigenvalue weighted by Gasteiger charge is -2.32. The summed E-state index contributed by atoms with van der Waals surface area (Å²) in [6, 6.07) is 5.14. The molecular weight excluding hydrogens is 233 g/mol. The average molecular weight is 251 g/mol. The first kappa shape index (κ1) is 13.0. The Kier molecular flexibility index (Phi) is 3.97. The van der Waals surface area contributed by atoms with Gasteiger partial charge in [-0.3, -0.25) is 4.79 Å². The Hall–Kier alpha value is -1.42. The molecule has 0 aromatic heterocycles. The molecule has 1 aromatic rings. The number of carbonyl (C=O) groups is 1. The first-order valence-electron chi connectivity index (χ1n) is 6.27. The number of benzene rings is 1. The Morgan fingerprint density at radius 3 is 2.61 bits per heavy atom. The summed E-state index contributed by atoms with van der Waals surface area (Å²) in [4.78, 5) is 13.0. The second kappa shape index (κ2) is 5.48. The molecule has 1 saturated heterocycles. The molecule has 18 heavy (non-hydrogen) atoms. The van der Waals surface area contributed by atoms with Crippen LogP contribution in [0.4, 0.5) is 10.1 Å². The molecule has 2 rings (SSSR count). The predicted molar refractivity (Wildman–Crippen MR) is 68.8 cm³/mol. The van der Waals surface area contributed by atoms with E-state index in [9.17, 15) is 14.3 Å². The van der Waals surface area contributed by atoms with Crippen LogP contribution in [0.25, 0.3) is 0 Å². The molecule has 3 nitrogen and oxygen atoms in total. The number of rotatable bonds is 3. The molecule has 1 fully saturated rings. The first-order valence-corrected chi connectivity index (χ1v) is 6.27. The van der Waals surface area contributed by atoms with Gasteiger partial charge in [-0.25, -0.2) is 4.39 Å². The number of piperidine rings is 1. The molecule has 0 radical (unpaired) electrons. The molecule has 0 spiro atoms. The van der Waals surface area contributed by atoms with Crippen molar-refractivity contribution < 1.29 is 14.3 Å². The summed E-state index contributed by atoms with van der Waals surface area (Å²) in [7, 11) is 0. The lowest BCUT2D eigenvalue weighted by Crippen LogP contribution is -2.35. The zero-order valence-electron chi connectivity index (χ0n) is 10.5. The van der Waals surface area contributed by atoms with Gasteiger partial charge in [0.05, 0.1) is 6.10 Å². The van der Waals surface area contributed by atoms with Crippen molar-refractivity contribution in [2.45, 2.75) is 32.0 Å². The second-order valence-electron chi connectivity index (χ2n) is 4.81. The molecule has 0 amide bonds. The van der Waals surface area contributed by atoms with Crippen molar-refractivity contribution in [3.05, 3.63) is 29.3 Å². The van der Waals surface area contributed by atoms with Crippen LogP contribution in [0.2, 0.25) is 0 Å². The van der Waals surface area contributed by atoms with Crippen LogP contribution in [0.3, 0.4) is 0 Å². The molecule has 1 aliphatic heterocycles. The van der Waals surface area contributed by atoms with Crippen molar-refractivity contribution in [2.75, 3.05) is 18.0 Å². The van der Waals surface area contributed by atoms with Crippen LogP contribution in [0.1, 0.15) is 41.9 Å². The van der Waals surface area contributed by atoms with Gasteiger partial charge in [0.1, 0.15) is 12.5 Å². The van der Waals surface area contributed by atoms with Crippen molar-refractivity contribution in [1.82, 2.24) is 0 Å². The van der Waals surface area contributed by atoms with Crippen LogP contribution < -0.4 is 4.90 Å². The summed E-state index contributed by atoms with van der Waals surface area (Å²) in [6.07, 6.45) is 0.848. The molecule has 98 valence electrons. The Morgan fingerprint density at radius 1 is 1.39 bits per heavy atom. The van der Waals surface area contributed by atoms with E-state index in [2.05, 4.69) is 4.90 Å². The first-order chi connectivity index (χ1) is 8.60. The lowest BCUT2D eigenvalue weighted by molar-refractivity contribution is 0.112. The van der Waals surface area contributed by atoms with Gasteiger partial charge < -0.3 is 10.0 Å². The highest BCUT2D eigenvalue weighted by molar-refractivity contribution is 5.78. The van der Waals surface area contributed by atoms with Crippen molar-refractivity contribution in [2.24, 2.45) is 0 Å². The van der Waals surface area contributed by atoms with Gasteiger partial charge in [0.2, 0.25) is 0 Å². The fraction of sp³-hybridized carbons (Fsp3) is 0.500. The van der Waals surface area contributed by atoms with Gasteiger partial charge in [-0.05, 0) is 43.5 Å². The van der Waals surface area contributed by atoms with E-state index in [0.717, 1.165) is 25.1 Å². The van der Waals surface area contributed by atoms with Gasteiger partial charge in [0, 0.05) is 24.3 Å². The van der Waals surface area contributed by atoms with E-state index in [0.29, 0.717) is 24.0 Å². The fourth-order valence-electron chi connectivity index (χ4n) is 2.26. The number of carbonyl (C=O) groups excluding carboxylic acids is 1. The number of nitrogens with zero attached hydrogens (tertiary/aromatic N) is 1. The molecule has 1 atom stereocenters. The second-order valence-corrected chi connectivity index (χ2v) is 4.81. The fourth-order valence-corrected chi connectivity index (χ4v) is 2.26. The molecular formula is C14H18FNO2. The van der Waals surface area contributed by atoms with Crippen LogP contribution in [0.5, 0.6) is 0 Å². The number of hydrogen-bond donors (Lipinski definition) is 1. The van der Waals surface area contributed by atoms with Gasteiger partial charge >= 0.3 is 0 Å². The minimum absolute atomic E-state index is 0.241. The van der Waals surface area contributed by atoms with Gasteiger partial charge in [0.15, 0.2) is 0 Å². The van der Waals surface area contributed by atoms with E-state index in [-0.39, 0.29) is 6.10 Å². The maximum absolute atomic E-state index is 13.4. The molecule has 0 bridgehead atoms. The summed E-state index contributed by atoms with van der Waals surface area (Å²) in [5.41, 5.74) is 1.89. The van der Waals surface area contributed by atoms with Crippen LogP contribution >= 0.6 is 0 Å². The molecule has 0 aliphatic carbocycles. The SMILES string of the molecule is CC(F)c1cc(C=O)cc(N2CCC(O)CC2)c1. The third-order valence-corrected chi connectivity index (χ3v) is 3.39. The third-order valence-electron chi connectivity index (χ3n) is 3.39. The Labute approximate surface area is 106 Å². The number of alkyl halides is 1. The van der Waals surface area contributed by atoms with E-state index in [1.54, 1.807) is 18.2 Å². The van der Waals surface area contributed by atoms with E-state index in [1.807, 2.05) is 0 Å². The van der Waals surface area contributed by atoms with Gasteiger partial charge in [-0.2, -0.15) is 0 Å². The van der Waals surface area contributed by atoms with Gasteiger partial charge in [-0.15, -0.1) is 0 Å². The standard InChI is InChI=1S/C14H18FNO2/c1-10(15)12-6-11(9-17)7-13(8-12)16-4-2-14(18)3-5-16/h6-10,14,18H,2-5H2,1H3. The van der Waals surface area contributed by atoms with Crippen LogP contribution in [0, 0.1) is 0 Å². The molecule has 1 unspecified atom stereocenters. The number of hydrogen-bond acceptors (Lipinski definition) is 3. The average Bonchev–Trinajstić information content (AvgIpc) is 2.39. The monoisotopic (exact) mass is 251 g/mol. The molecule has 1 N–H and O–H groups in total. The molecule has 1 aromatic carbocycles. The van der Waals surface area contributed by atoms with E-state index < -0.39 is 6.17 Å². The minimum Gasteiger partial charge on any atom is -0.393 e. The largest absolute Gasteiger partial charge is 0.393 e. The van der Waals surface area contributed by atoms with Gasteiger partial charge in [-0.1, -0.05) is 0 Å². The van der Waals surface area contributed by atoms with Crippen molar-refractivity contribution in [3.63, 3.8) is 0 Å². The summed E-state index contributed by atoms with van der Waals surface area (Å²) in [6.45, 7) is 2.95. The van der Waals surface area contributed by atoms with Gasteiger partial charge in [0.25, 0.3) is 0 Å². The normalized spacial score (nSPS) is 18.7. The number of aliphatic hydroxyl groups is 1. The quantitative estimate of drug-likeness (QED) is 0.839. The van der Waals surface area contributed by atoms with E-state index in [1.165, 1.54) is 6.92 Å². The van der Waals surface area contributed by atoms with Crippen LogP contribution in [-0.2, 0) is 0 Å². The van der Waals surface area contributed by atoms with Crippen molar-refractivity contribution >= 4 is 12.0 Å². The molecule has 0 saturated carbocycles. The molecule has 1 aliphatic rings. The Balaban J connectivity index is 2.26. The summed E-state index contributed by atoms with van der Waals surface area (Å²) >= 11 is 0. The van der Waals surface area contributed by atoms with Crippen molar-refractivity contribution in [1.29, 1.82) is 0 Å². The van der Waals surface area contributed by atoms with Crippen molar-refractivity contribution in [3.8, 4) is 0 Å². The number of halogens is 1. The summed E-state index contributed by atoms with van der Waals surface area (Å²) < 4.78 is 13.4. The molecule has 4 heteroatoms. The maximum atomic E-state index is 13.4. The highest BCUT2D eigenvalue weighted by atomic mass is 19.1. The predicted octanol–water partition coefficient (Wildman–Crippen LogP) is 2.49. The smallest absolute Gasteiger partial charge is 0.150 e. The molecule has 1 heterocycles. The Bertz CT molecular complexity index is 426. The third kappa shape index (κ3) is 2.88. The number of aldehydes is 1. The number of aliphatic hydroxyl groups excluding tert-OH is 1. The zero-order chi connectivity index (χ0) is 13.1. The zero-order valence-corrected chi connectivity index (χ0v) is 10.5. The number of anilines is 1. The summed E-state index contributed by atoms with van der Waals surface area (Å²) in [5, 5.41) is 9.47. The maximum Gasteiger partial charge on any atom is 0.150 e. The minimum atomic E-state index is -1.08. The van der Waals surface area contributed by atoms with Crippen LogP contribution in [0.15, 0.2) is 18.2 Å². The van der Waals surface area contributed by atoms with Crippen LogP contribution in [-0.4, -0.2) is 30.6 Å².